The van der Waals surface area contributed by atoms with E-state index in [1.807, 2.05) is 6.07 Å². The quantitative estimate of drug-likeness (QED) is 0.553. The van der Waals surface area contributed by atoms with Gasteiger partial charge in [-0.3, -0.25) is 9.59 Å². The first kappa shape index (κ1) is 20.9. The minimum absolute atomic E-state index is 0.108. The normalized spacial score (nSPS) is 11.5. The van der Waals surface area contributed by atoms with E-state index in [0.717, 1.165) is 4.70 Å². The highest BCUT2D eigenvalue weighted by Gasteiger charge is 2.17. The molecule has 0 atom stereocenters. The summed E-state index contributed by atoms with van der Waals surface area (Å²) in [5.41, 5.74) is 0.903. The molecule has 0 radical (unpaired) electrons. The van der Waals surface area contributed by atoms with Crippen molar-refractivity contribution < 1.29 is 23.8 Å². The summed E-state index contributed by atoms with van der Waals surface area (Å²) in [6.45, 7) is 1.87. The van der Waals surface area contributed by atoms with Crippen molar-refractivity contribution in [3.63, 3.8) is 0 Å². The minimum Gasteiger partial charge on any atom is -0.497 e. The second kappa shape index (κ2) is 9.11. The van der Waals surface area contributed by atoms with Crippen molar-refractivity contribution >= 4 is 45.0 Å². The zero-order chi connectivity index (χ0) is 21.0. The Balaban J connectivity index is 2.13. The Bertz CT molecular complexity index is 1140. The molecule has 0 aliphatic carbocycles. The van der Waals surface area contributed by atoms with Gasteiger partial charge in [-0.25, -0.2) is 0 Å². The Morgan fingerprint density at radius 3 is 2.66 bits per heavy atom. The lowest BCUT2D eigenvalue weighted by Crippen LogP contribution is -2.23. The highest BCUT2D eigenvalue weighted by atomic mass is 35.5. The number of benzene rings is 2. The smallest absolute Gasteiger partial charge is 0.326 e. The summed E-state index contributed by atoms with van der Waals surface area (Å²) in [4.78, 5) is 29.6. The molecule has 1 amide bonds. The summed E-state index contributed by atoms with van der Waals surface area (Å²) in [5.74, 6) is -0.0496. The standard InChI is InChI=1S/C20H19ClN2O5S/c1-4-28-17(24)11-23-18-14(21)6-5-7-16(18)29-20(23)22-19(25)13-9-8-12(26-2)10-15(13)27-3/h5-10H,4,11H2,1-3H3. The van der Waals surface area contributed by atoms with Crippen LogP contribution in [0.4, 0.5) is 0 Å². The van der Waals surface area contributed by atoms with Crippen LogP contribution in [-0.4, -0.2) is 37.3 Å². The summed E-state index contributed by atoms with van der Waals surface area (Å²) in [7, 11) is 2.99. The zero-order valence-electron chi connectivity index (χ0n) is 16.1. The number of carbonyl (C=O) groups is 2. The number of nitrogens with zero attached hydrogens (tertiary/aromatic N) is 2. The van der Waals surface area contributed by atoms with Gasteiger partial charge in [0.25, 0.3) is 5.91 Å². The molecule has 9 heteroatoms. The molecule has 7 nitrogen and oxygen atoms in total. The molecule has 0 aliphatic heterocycles. The van der Waals surface area contributed by atoms with E-state index < -0.39 is 11.9 Å². The molecule has 0 spiro atoms. The van der Waals surface area contributed by atoms with E-state index in [9.17, 15) is 9.59 Å². The van der Waals surface area contributed by atoms with E-state index in [2.05, 4.69) is 4.99 Å². The van der Waals surface area contributed by atoms with Crippen molar-refractivity contribution in [3.05, 3.63) is 51.8 Å². The first-order valence-corrected chi connectivity index (χ1v) is 9.92. The highest BCUT2D eigenvalue weighted by Crippen LogP contribution is 2.27. The maximum atomic E-state index is 12.9. The predicted molar refractivity (Wildman–Crippen MR) is 111 cm³/mol. The topological polar surface area (TPSA) is 79.1 Å². The summed E-state index contributed by atoms with van der Waals surface area (Å²) >= 11 is 7.60. The molecule has 0 N–H and O–H groups in total. The van der Waals surface area contributed by atoms with Crippen LogP contribution in [0.5, 0.6) is 11.5 Å². The molecule has 0 bridgehead atoms. The summed E-state index contributed by atoms with van der Waals surface area (Å²) in [5, 5.41) is 0.457. The Hall–Kier alpha value is -2.84. The number of fused-ring (bicyclic) bond motifs is 1. The Kier molecular flexibility index (Phi) is 6.56. The number of halogens is 1. The second-order valence-corrected chi connectivity index (χ2v) is 7.26. The number of thiazole rings is 1. The number of hydrogen-bond donors (Lipinski definition) is 0. The van der Waals surface area contributed by atoms with E-state index in [0.29, 0.717) is 26.8 Å². The fourth-order valence-electron chi connectivity index (χ4n) is 2.78. The molecular weight excluding hydrogens is 416 g/mol. The molecule has 0 saturated heterocycles. The van der Waals surface area contributed by atoms with Gasteiger partial charge in [-0.15, -0.1) is 0 Å². The minimum atomic E-state index is -0.509. The van der Waals surface area contributed by atoms with Crippen LogP contribution in [0.2, 0.25) is 5.02 Å². The van der Waals surface area contributed by atoms with Gasteiger partial charge in [0, 0.05) is 6.07 Å². The monoisotopic (exact) mass is 434 g/mol. The van der Waals surface area contributed by atoms with Crippen LogP contribution in [0.1, 0.15) is 17.3 Å². The average molecular weight is 435 g/mol. The van der Waals surface area contributed by atoms with Gasteiger partial charge in [-0.05, 0) is 31.2 Å². The SMILES string of the molecule is CCOC(=O)Cn1c(=NC(=O)c2ccc(OC)cc2OC)sc2cccc(Cl)c21. The van der Waals surface area contributed by atoms with Crippen LogP contribution in [-0.2, 0) is 16.1 Å². The van der Waals surface area contributed by atoms with Crippen molar-refractivity contribution in [2.45, 2.75) is 13.5 Å². The van der Waals surface area contributed by atoms with Gasteiger partial charge >= 0.3 is 5.97 Å². The molecule has 0 unspecified atom stereocenters. The predicted octanol–water partition coefficient (Wildman–Crippen LogP) is 3.68. The van der Waals surface area contributed by atoms with Crippen molar-refractivity contribution in [1.82, 2.24) is 4.57 Å². The van der Waals surface area contributed by atoms with Crippen LogP contribution < -0.4 is 14.3 Å². The molecule has 3 rings (SSSR count). The lowest BCUT2D eigenvalue weighted by atomic mass is 10.2. The Morgan fingerprint density at radius 2 is 1.97 bits per heavy atom. The van der Waals surface area contributed by atoms with Crippen molar-refractivity contribution in [2.75, 3.05) is 20.8 Å². The molecule has 0 aliphatic rings. The molecular formula is C20H19ClN2O5S. The molecule has 29 heavy (non-hydrogen) atoms. The molecule has 1 aromatic heterocycles. The van der Waals surface area contributed by atoms with Gasteiger partial charge in [-0.2, -0.15) is 4.99 Å². The van der Waals surface area contributed by atoms with Gasteiger partial charge in [0.05, 0.1) is 41.6 Å². The first-order valence-electron chi connectivity index (χ1n) is 8.73. The highest BCUT2D eigenvalue weighted by molar-refractivity contribution is 7.16. The number of aromatic nitrogens is 1. The molecule has 1 heterocycles. The van der Waals surface area contributed by atoms with E-state index in [4.69, 9.17) is 25.8 Å². The van der Waals surface area contributed by atoms with Crippen molar-refractivity contribution in [1.29, 1.82) is 0 Å². The average Bonchev–Trinajstić information content (AvgIpc) is 3.05. The molecule has 2 aromatic carbocycles. The van der Waals surface area contributed by atoms with E-state index in [1.165, 1.54) is 25.6 Å². The first-order chi connectivity index (χ1) is 14.0. The Morgan fingerprint density at radius 1 is 1.17 bits per heavy atom. The lowest BCUT2D eigenvalue weighted by Gasteiger charge is -2.08. The van der Waals surface area contributed by atoms with Gasteiger partial charge in [0.15, 0.2) is 4.80 Å². The third-order valence-corrected chi connectivity index (χ3v) is 5.43. The van der Waals surface area contributed by atoms with E-state index >= 15 is 0 Å². The fourth-order valence-corrected chi connectivity index (χ4v) is 4.16. The van der Waals surface area contributed by atoms with Gasteiger partial charge in [0.2, 0.25) is 0 Å². The molecule has 0 fully saturated rings. The third-order valence-electron chi connectivity index (χ3n) is 4.08. The fraction of sp³-hybridized carbons (Fsp3) is 0.250. The second-order valence-electron chi connectivity index (χ2n) is 5.85. The lowest BCUT2D eigenvalue weighted by molar-refractivity contribution is -0.143. The van der Waals surface area contributed by atoms with Crippen LogP contribution in [0.3, 0.4) is 0 Å². The van der Waals surface area contributed by atoms with Crippen LogP contribution in [0.15, 0.2) is 41.4 Å². The molecule has 3 aromatic rings. The number of hydrogen-bond acceptors (Lipinski definition) is 6. The summed E-state index contributed by atoms with van der Waals surface area (Å²) < 4.78 is 17.9. The number of esters is 1. The van der Waals surface area contributed by atoms with Crippen molar-refractivity contribution in [3.8, 4) is 11.5 Å². The largest absolute Gasteiger partial charge is 0.497 e. The van der Waals surface area contributed by atoms with E-state index in [-0.39, 0.29) is 18.7 Å². The van der Waals surface area contributed by atoms with Crippen molar-refractivity contribution in [2.24, 2.45) is 4.99 Å². The number of ether oxygens (including phenoxy) is 3. The van der Waals surface area contributed by atoms with Gasteiger partial charge in [-0.1, -0.05) is 29.0 Å². The maximum Gasteiger partial charge on any atom is 0.326 e. The number of carbonyl (C=O) groups excluding carboxylic acids is 2. The number of amides is 1. The maximum absolute atomic E-state index is 12.9. The van der Waals surface area contributed by atoms with Crippen LogP contribution in [0, 0.1) is 0 Å². The van der Waals surface area contributed by atoms with Gasteiger partial charge < -0.3 is 18.8 Å². The summed E-state index contributed by atoms with van der Waals surface area (Å²) in [6.07, 6.45) is 0. The number of rotatable bonds is 6. The van der Waals surface area contributed by atoms with Crippen LogP contribution in [0.25, 0.3) is 10.2 Å². The van der Waals surface area contributed by atoms with Gasteiger partial charge in [0.1, 0.15) is 18.0 Å². The Labute approximate surface area is 176 Å². The summed E-state index contributed by atoms with van der Waals surface area (Å²) in [6, 6.07) is 10.2. The number of methoxy groups -OCH3 is 2. The third kappa shape index (κ3) is 4.44. The zero-order valence-corrected chi connectivity index (χ0v) is 17.7. The molecule has 0 saturated carbocycles. The van der Waals surface area contributed by atoms with E-state index in [1.54, 1.807) is 41.8 Å². The van der Waals surface area contributed by atoms with Crippen LogP contribution >= 0.6 is 22.9 Å². The molecule has 152 valence electrons. The number of para-hydroxylation sites is 1.